The zero-order valence-electron chi connectivity index (χ0n) is 20.6. The summed E-state index contributed by atoms with van der Waals surface area (Å²) in [4.78, 5) is 9.67. The molecule has 0 amide bonds. The van der Waals surface area contributed by atoms with E-state index in [2.05, 4.69) is 64.5 Å². The van der Waals surface area contributed by atoms with Crippen LogP contribution in [0.1, 0.15) is 76.8 Å². The molecule has 1 atom stereocenters. The highest BCUT2D eigenvalue weighted by molar-refractivity contribution is 5.94. The number of nitrogens with one attached hydrogen (secondary N) is 2. The first-order valence-corrected chi connectivity index (χ1v) is 13.2. The van der Waals surface area contributed by atoms with Crippen LogP contribution in [0.3, 0.4) is 0 Å². The highest BCUT2D eigenvalue weighted by Gasteiger charge is 2.24. The Balaban J connectivity index is 1.43. The first-order chi connectivity index (χ1) is 16.6. The zero-order valence-corrected chi connectivity index (χ0v) is 20.6. The molecule has 3 N–H and O–H groups in total. The Morgan fingerprint density at radius 3 is 2.56 bits per heavy atom. The lowest BCUT2D eigenvalue weighted by molar-refractivity contribution is 0.111. The number of rotatable bonds is 10. The average molecular weight is 462 g/mol. The van der Waals surface area contributed by atoms with Gasteiger partial charge < -0.3 is 20.3 Å². The number of aliphatic hydroxyl groups excluding tert-OH is 1. The van der Waals surface area contributed by atoms with E-state index in [4.69, 9.17) is 4.98 Å². The molecule has 3 aromatic rings. The highest BCUT2D eigenvalue weighted by Crippen LogP contribution is 2.37. The van der Waals surface area contributed by atoms with Crippen LogP contribution in [0.4, 0.5) is 5.95 Å². The molecule has 0 spiro atoms. The highest BCUT2D eigenvalue weighted by atomic mass is 16.3. The lowest BCUT2D eigenvalue weighted by atomic mass is 9.93. The van der Waals surface area contributed by atoms with E-state index >= 15 is 0 Å². The Hall–Kier alpha value is -2.44. The second-order valence-electron chi connectivity index (χ2n) is 10.4. The van der Waals surface area contributed by atoms with Gasteiger partial charge in [0.15, 0.2) is 0 Å². The van der Waals surface area contributed by atoms with Gasteiger partial charge in [0.25, 0.3) is 0 Å². The Morgan fingerprint density at radius 1 is 1.09 bits per heavy atom. The van der Waals surface area contributed by atoms with Crippen molar-refractivity contribution >= 4 is 17.0 Å². The molecule has 0 radical (unpaired) electrons. The number of nitrogens with zero attached hydrogens (tertiary/aromatic N) is 3. The van der Waals surface area contributed by atoms with Crippen LogP contribution in [0.2, 0.25) is 0 Å². The summed E-state index contributed by atoms with van der Waals surface area (Å²) in [6, 6.07) is 9.63. The van der Waals surface area contributed by atoms with E-state index in [1.54, 1.807) is 0 Å². The number of aromatic nitrogens is 3. The first-order valence-electron chi connectivity index (χ1n) is 13.2. The lowest BCUT2D eigenvalue weighted by Gasteiger charge is -2.27. The van der Waals surface area contributed by atoms with E-state index in [-0.39, 0.29) is 6.10 Å². The van der Waals surface area contributed by atoms with E-state index in [9.17, 15) is 5.11 Å². The van der Waals surface area contributed by atoms with Gasteiger partial charge in [-0.1, -0.05) is 37.6 Å². The fourth-order valence-electron chi connectivity index (χ4n) is 5.21. The van der Waals surface area contributed by atoms with Crippen molar-refractivity contribution in [3.8, 4) is 11.1 Å². The number of hydrogen-bond donors (Lipinski definition) is 3. The Bertz CT molecular complexity index is 1080. The Labute approximate surface area is 203 Å². The first kappa shape index (κ1) is 23.3. The summed E-state index contributed by atoms with van der Waals surface area (Å²) >= 11 is 0. The SMILES string of the molecule is CCCC(C)Nc1ncc2c(-c3ccc(CNCC4CC4)cc3)cn(C3CCC(O)CC3)c2n1. The number of aliphatic hydroxyl groups is 1. The van der Waals surface area contributed by atoms with Crippen molar-refractivity contribution in [2.45, 2.75) is 89.9 Å². The van der Waals surface area contributed by atoms with Gasteiger partial charge in [0.2, 0.25) is 5.95 Å². The third-order valence-electron chi connectivity index (χ3n) is 7.45. The fraction of sp³-hybridized carbons (Fsp3) is 0.571. The maximum atomic E-state index is 10.0. The van der Waals surface area contributed by atoms with Crippen molar-refractivity contribution in [2.75, 3.05) is 11.9 Å². The minimum absolute atomic E-state index is 0.166. The molecule has 1 unspecified atom stereocenters. The minimum Gasteiger partial charge on any atom is -0.393 e. The molecule has 0 saturated heterocycles. The van der Waals surface area contributed by atoms with Crippen molar-refractivity contribution in [3.63, 3.8) is 0 Å². The molecule has 2 fully saturated rings. The van der Waals surface area contributed by atoms with Crippen molar-refractivity contribution < 1.29 is 5.11 Å². The van der Waals surface area contributed by atoms with Crippen LogP contribution in [0.25, 0.3) is 22.2 Å². The normalized spacial score (nSPS) is 21.6. The van der Waals surface area contributed by atoms with E-state index in [0.29, 0.717) is 18.0 Å². The molecule has 6 heteroatoms. The molecule has 2 aliphatic carbocycles. The second kappa shape index (κ2) is 10.4. The largest absolute Gasteiger partial charge is 0.393 e. The maximum Gasteiger partial charge on any atom is 0.224 e. The molecule has 0 bridgehead atoms. The number of hydrogen-bond acceptors (Lipinski definition) is 5. The molecular formula is C28H39N5O. The molecular weight excluding hydrogens is 422 g/mol. The van der Waals surface area contributed by atoms with Crippen molar-refractivity contribution in [3.05, 3.63) is 42.2 Å². The molecule has 2 aromatic heterocycles. The van der Waals surface area contributed by atoms with Crippen molar-refractivity contribution in [2.24, 2.45) is 5.92 Å². The van der Waals surface area contributed by atoms with Gasteiger partial charge in [-0.25, -0.2) is 4.98 Å². The van der Waals surface area contributed by atoms with Gasteiger partial charge in [0.05, 0.1) is 6.10 Å². The van der Waals surface area contributed by atoms with Crippen LogP contribution < -0.4 is 10.6 Å². The van der Waals surface area contributed by atoms with Gasteiger partial charge in [0.1, 0.15) is 5.65 Å². The quantitative estimate of drug-likeness (QED) is 0.362. The summed E-state index contributed by atoms with van der Waals surface area (Å²) in [5.74, 6) is 1.60. The number of anilines is 1. The summed E-state index contributed by atoms with van der Waals surface area (Å²) in [5, 5.41) is 18.2. The fourth-order valence-corrected chi connectivity index (χ4v) is 5.21. The molecule has 0 aliphatic heterocycles. The number of benzene rings is 1. The van der Waals surface area contributed by atoms with Gasteiger partial charge in [-0.2, -0.15) is 4.98 Å². The summed E-state index contributed by atoms with van der Waals surface area (Å²) in [5.41, 5.74) is 4.70. The predicted octanol–water partition coefficient (Wildman–Crippen LogP) is 5.67. The minimum atomic E-state index is -0.166. The molecule has 2 heterocycles. The molecule has 5 rings (SSSR count). The van der Waals surface area contributed by atoms with Crippen molar-refractivity contribution in [1.82, 2.24) is 19.9 Å². The second-order valence-corrected chi connectivity index (χ2v) is 10.4. The molecule has 2 saturated carbocycles. The smallest absolute Gasteiger partial charge is 0.224 e. The summed E-state index contributed by atoms with van der Waals surface area (Å²) in [6.07, 6.45) is 12.7. The van der Waals surface area contributed by atoms with Gasteiger partial charge >= 0.3 is 0 Å². The maximum absolute atomic E-state index is 10.0. The van der Waals surface area contributed by atoms with Crippen LogP contribution in [0.15, 0.2) is 36.7 Å². The molecule has 34 heavy (non-hydrogen) atoms. The van der Waals surface area contributed by atoms with Gasteiger partial charge in [0, 0.05) is 42.0 Å². The Morgan fingerprint density at radius 2 is 1.85 bits per heavy atom. The van der Waals surface area contributed by atoms with Crippen LogP contribution in [0, 0.1) is 5.92 Å². The number of fused-ring (bicyclic) bond motifs is 1. The average Bonchev–Trinajstić information content (AvgIpc) is 3.59. The predicted molar refractivity (Wildman–Crippen MR) is 139 cm³/mol. The monoisotopic (exact) mass is 461 g/mol. The van der Waals surface area contributed by atoms with Crippen LogP contribution in [0.5, 0.6) is 0 Å². The molecule has 2 aliphatic rings. The van der Waals surface area contributed by atoms with Crippen molar-refractivity contribution in [1.29, 1.82) is 0 Å². The van der Waals surface area contributed by atoms with Gasteiger partial charge in [-0.15, -0.1) is 0 Å². The standard InChI is InChI=1S/C28H39N5O/c1-3-4-19(2)31-28-30-17-25-26(18-33(27(25)32-28)23-11-13-24(34)14-12-23)22-9-7-21(8-10-22)16-29-15-20-5-6-20/h7-10,17-20,23-24,29,34H,3-6,11-16H2,1-2H3,(H,30,31,32). The topological polar surface area (TPSA) is 75.0 Å². The lowest BCUT2D eigenvalue weighted by Crippen LogP contribution is -2.21. The van der Waals surface area contributed by atoms with E-state index in [1.807, 2.05) is 6.20 Å². The van der Waals surface area contributed by atoms with Crippen LogP contribution in [-0.2, 0) is 6.54 Å². The van der Waals surface area contributed by atoms with E-state index in [0.717, 1.165) is 68.6 Å². The molecule has 6 nitrogen and oxygen atoms in total. The molecule has 182 valence electrons. The van der Waals surface area contributed by atoms with Crippen LogP contribution >= 0.6 is 0 Å². The zero-order chi connectivity index (χ0) is 23.5. The summed E-state index contributed by atoms with van der Waals surface area (Å²) in [7, 11) is 0. The van der Waals surface area contributed by atoms with E-state index < -0.39 is 0 Å². The Kier molecular flexibility index (Phi) is 7.16. The molecule has 1 aromatic carbocycles. The van der Waals surface area contributed by atoms with E-state index in [1.165, 1.54) is 29.5 Å². The third kappa shape index (κ3) is 5.44. The van der Waals surface area contributed by atoms with Crippen LogP contribution in [-0.4, -0.2) is 38.3 Å². The summed E-state index contributed by atoms with van der Waals surface area (Å²) < 4.78 is 2.35. The summed E-state index contributed by atoms with van der Waals surface area (Å²) in [6.45, 7) is 6.45. The van der Waals surface area contributed by atoms with Gasteiger partial charge in [-0.05, 0) is 75.5 Å². The van der Waals surface area contributed by atoms with Gasteiger partial charge in [-0.3, -0.25) is 0 Å². The third-order valence-corrected chi connectivity index (χ3v) is 7.45.